The zero-order valence-corrected chi connectivity index (χ0v) is 23.5. The van der Waals surface area contributed by atoms with Crippen LogP contribution in [0, 0.1) is 0 Å². The molecule has 2 amide bonds. The maximum Gasteiger partial charge on any atom is 0.259 e. The first-order chi connectivity index (χ1) is 20.1. The molecule has 3 heterocycles. The number of aromatic nitrogens is 1. The summed E-state index contributed by atoms with van der Waals surface area (Å²) >= 11 is 1.24. The molecular weight excluding hydrogens is 538 g/mol. The molecule has 10 heteroatoms. The third-order valence-electron chi connectivity index (χ3n) is 7.15. The van der Waals surface area contributed by atoms with Gasteiger partial charge in [0, 0.05) is 35.6 Å². The molecule has 4 aromatic rings. The van der Waals surface area contributed by atoms with Crippen LogP contribution < -0.4 is 14.8 Å². The fraction of sp³-hybridized carbons (Fsp3) is 0.226. The van der Waals surface area contributed by atoms with Gasteiger partial charge in [-0.05, 0) is 47.9 Å². The van der Waals surface area contributed by atoms with Crippen molar-refractivity contribution in [1.29, 1.82) is 0 Å². The topological polar surface area (TPSA) is 108 Å². The molecule has 6 rings (SSSR count). The maximum absolute atomic E-state index is 13.7. The van der Waals surface area contributed by atoms with E-state index in [2.05, 4.69) is 10.3 Å². The molecular formula is C31H29N5O4S. The largest absolute Gasteiger partial charge is 0.493 e. The van der Waals surface area contributed by atoms with Crippen LogP contribution in [0.5, 0.6) is 11.5 Å². The van der Waals surface area contributed by atoms with Crippen molar-refractivity contribution < 1.29 is 19.1 Å². The number of nitrogens with zero attached hydrogens (tertiary/aromatic N) is 3. The van der Waals surface area contributed by atoms with Crippen LogP contribution in [0.3, 0.4) is 0 Å². The van der Waals surface area contributed by atoms with Crippen LogP contribution in [0.1, 0.15) is 16.7 Å². The van der Waals surface area contributed by atoms with Crippen molar-refractivity contribution in [1.82, 2.24) is 15.2 Å². The Morgan fingerprint density at radius 3 is 2.71 bits per heavy atom. The van der Waals surface area contributed by atoms with Gasteiger partial charge in [0.05, 0.1) is 25.7 Å². The number of para-hydroxylation sites is 2. The van der Waals surface area contributed by atoms with Crippen molar-refractivity contribution in [2.45, 2.75) is 18.9 Å². The number of ether oxygens (including phenoxy) is 2. The third kappa shape index (κ3) is 5.30. The van der Waals surface area contributed by atoms with Crippen LogP contribution in [-0.4, -0.2) is 65.3 Å². The quantitative estimate of drug-likeness (QED) is 0.310. The number of carbonyl (C=O) groups is 2. The highest BCUT2D eigenvalue weighted by Gasteiger charge is 2.41. The van der Waals surface area contributed by atoms with Gasteiger partial charge in [-0.3, -0.25) is 14.6 Å². The number of thioether (sulfide) groups is 1. The lowest BCUT2D eigenvalue weighted by atomic mass is 10.1. The summed E-state index contributed by atoms with van der Waals surface area (Å²) < 4.78 is 10.6. The van der Waals surface area contributed by atoms with Crippen molar-refractivity contribution in [3.8, 4) is 11.5 Å². The monoisotopic (exact) mass is 567 g/mol. The first kappa shape index (κ1) is 26.6. The van der Waals surface area contributed by atoms with Crippen LogP contribution >= 0.6 is 11.8 Å². The number of nitrogens with one attached hydrogen (secondary N) is 2. The lowest BCUT2D eigenvalue weighted by molar-refractivity contribution is -0.124. The predicted octanol–water partition coefficient (Wildman–Crippen LogP) is 4.48. The first-order valence-electron chi connectivity index (χ1n) is 13.3. The Morgan fingerprint density at radius 1 is 1.05 bits per heavy atom. The van der Waals surface area contributed by atoms with E-state index in [-0.39, 0.29) is 17.6 Å². The molecule has 0 fully saturated rings. The second kappa shape index (κ2) is 11.5. The summed E-state index contributed by atoms with van der Waals surface area (Å²) in [5.74, 6) is 1.74. The number of rotatable bonds is 9. The van der Waals surface area contributed by atoms with Gasteiger partial charge >= 0.3 is 0 Å². The van der Waals surface area contributed by atoms with Gasteiger partial charge in [0.15, 0.2) is 16.7 Å². The van der Waals surface area contributed by atoms with E-state index in [0.29, 0.717) is 41.9 Å². The molecule has 0 bridgehead atoms. The van der Waals surface area contributed by atoms with Crippen molar-refractivity contribution in [3.05, 3.63) is 89.6 Å². The summed E-state index contributed by atoms with van der Waals surface area (Å²) in [6.45, 7) is 0.465. The minimum atomic E-state index is -0.573. The zero-order chi connectivity index (χ0) is 28.3. The molecule has 2 aliphatic heterocycles. The lowest BCUT2D eigenvalue weighted by Gasteiger charge is -2.25. The summed E-state index contributed by atoms with van der Waals surface area (Å²) in [5.41, 5.74) is 4.63. The SMILES string of the molecule is COc1ccc(CCNC(=O)CSC2=Nc3ccccc3C3=N[C@@H](Cc4c[nH]c5ccccc45)C(=O)N23)cc1OC. The highest BCUT2D eigenvalue weighted by atomic mass is 32.2. The summed E-state index contributed by atoms with van der Waals surface area (Å²) in [6.07, 6.45) is 3.06. The highest BCUT2D eigenvalue weighted by molar-refractivity contribution is 8.14. The van der Waals surface area contributed by atoms with Gasteiger partial charge in [-0.15, -0.1) is 0 Å². The number of aliphatic imine (C=N–C) groups is 2. The van der Waals surface area contributed by atoms with E-state index in [1.807, 2.05) is 72.9 Å². The van der Waals surface area contributed by atoms with Crippen molar-refractivity contribution >= 4 is 51.2 Å². The van der Waals surface area contributed by atoms with Crippen LogP contribution in [0.15, 0.2) is 82.9 Å². The molecule has 1 atom stereocenters. The second-order valence-corrected chi connectivity index (χ2v) is 10.6. The molecule has 1 aromatic heterocycles. The van der Waals surface area contributed by atoms with E-state index in [4.69, 9.17) is 19.5 Å². The second-order valence-electron chi connectivity index (χ2n) is 9.70. The summed E-state index contributed by atoms with van der Waals surface area (Å²) in [7, 11) is 3.19. The van der Waals surface area contributed by atoms with Gasteiger partial charge in [0.2, 0.25) is 5.91 Å². The molecule has 0 saturated heterocycles. The number of amides is 2. The molecule has 0 saturated carbocycles. The Kier molecular flexibility index (Phi) is 7.47. The maximum atomic E-state index is 13.7. The molecule has 9 nitrogen and oxygen atoms in total. The third-order valence-corrected chi connectivity index (χ3v) is 8.09. The molecule has 0 spiro atoms. The summed E-state index contributed by atoms with van der Waals surface area (Å²) in [4.78, 5) is 40.9. The lowest BCUT2D eigenvalue weighted by Crippen LogP contribution is -2.42. The number of benzene rings is 3. The van der Waals surface area contributed by atoms with Crippen LogP contribution in [-0.2, 0) is 22.4 Å². The molecule has 41 heavy (non-hydrogen) atoms. The molecule has 0 aliphatic carbocycles. The Labute approximate surface area is 241 Å². The van der Waals surface area contributed by atoms with Crippen molar-refractivity contribution in [2.24, 2.45) is 9.98 Å². The fourth-order valence-corrected chi connectivity index (χ4v) is 5.93. The number of methoxy groups -OCH3 is 2. The molecule has 0 radical (unpaired) electrons. The Balaban J connectivity index is 1.13. The molecule has 208 valence electrons. The van der Waals surface area contributed by atoms with Gasteiger partial charge in [0.25, 0.3) is 5.91 Å². The van der Waals surface area contributed by atoms with Crippen LogP contribution in [0.2, 0.25) is 0 Å². The Hall–Kier alpha value is -4.57. The van der Waals surface area contributed by atoms with E-state index in [1.54, 1.807) is 19.1 Å². The minimum Gasteiger partial charge on any atom is -0.493 e. The van der Waals surface area contributed by atoms with Crippen molar-refractivity contribution in [2.75, 3.05) is 26.5 Å². The van der Waals surface area contributed by atoms with Gasteiger partial charge in [-0.25, -0.2) is 9.89 Å². The number of fused-ring (bicyclic) bond motifs is 4. The molecule has 2 N–H and O–H groups in total. The standard InChI is InChI=1S/C31H29N5O4S/c1-39-26-12-11-19(15-27(26)40-2)13-14-32-28(37)18-41-31-35-24-10-6-4-8-22(24)29-34-25(30(38)36(29)31)16-20-17-33-23-9-5-3-7-21(20)23/h3-12,15,17,25,33H,13-14,16,18H2,1-2H3,(H,32,37)/t25-/m0/s1. The van der Waals surface area contributed by atoms with Gasteiger partial charge in [-0.1, -0.05) is 48.2 Å². The smallest absolute Gasteiger partial charge is 0.259 e. The number of hydrogen-bond donors (Lipinski definition) is 2. The van der Waals surface area contributed by atoms with Gasteiger partial charge < -0.3 is 19.8 Å². The Morgan fingerprint density at radius 2 is 1.85 bits per heavy atom. The fourth-order valence-electron chi connectivity index (χ4n) is 5.10. The van der Waals surface area contributed by atoms with E-state index in [1.165, 1.54) is 11.8 Å². The molecule has 3 aromatic carbocycles. The van der Waals surface area contributed by atoms with E-state index in [0.717, 1.165) is 33.3 Å². The summed E-state index contributed by atoms with van der Waals surface area (Å²) in [5, 5.41) is 4.50. The number of carbonyl (C=O) groups excluding carboxylic acids is 2. The van der Waals surface area contributed by atoms with Crippen molar-refractivity contribution in [3.63, 3.8) is 0 Å². The number of hydrogen-bond acceptors (Lipinski definition) is 7. The predicted molar refractivity (Wildman–Crippen MR) is 161 cm³/mol. The number of amidine groups is 2. The van der Waals surface area contributed by atoms with E-state index < -0.39 is 6.04 Å². The Bertz CT molecular complexity index is 1690. The average molecular weight is 568 g/mol. The summed E-state index contributed by atoms with van der Waals surface area (Å²) in [6, 6.07) is 20.8. The normalized spacial score (nSPS) is 15.7. The number of aromatic amines is 1. The molecule has 0 unspecified atom stereocenters. The molecule has 2 aliphatic rings. The highest BCUT2D eigenvalue weighted by Crippen LogP contribution is 2.34. The minimum absolute atomic E-state index is 0.122. The average Bonchev–Trinajstić information content (AvgIpc) is 3.56. The van der Waals surface area contributed by atoms with Crippen LogP contribution in [0.4, 0.5) is 5.69 Å². The zero-order valence-electron chi connectivity index (χ0n) is 22.7. The van der Waals surface area contributed by atoms with Gasteiger partial charge in [-0.2, -0.15) is 0 Å². The van der Waals surface area contributed by atoms with Gasteiger partial charge in [0.1, 0.15) is 11.9 Å². The number of H-pyrrole nitrogens is 1. The first-order valence-corrected chi connectivity index (χ1v) is 14.3. The van der Waals surface area contributed by atoms with E-state index in [9.17, 15) is 9.59 Å². The van der Waals surface area contributed by atoms with Crippen LogP contribution in [0.25, 0.3) is 10.9 Å². The van der Waals surface area contributed by atoms with E-state index >= 15 is 0 Å².